The number of benzene rings is 6. The van der Waals surface area contributed by atoms with Crippen LogP contribution in [0.2, 0.25) is 0 Å². The monoisotopic (exact) mass is 528 g/mol. The average Bonchev–Trinajstić information content (AvgIpc) is 3.71. The van der Waals surface area contributed by atoms with E-state index >= 15 is 0 Å². The summed E-state index contributed by atoms with van der Waals surface area (Å²) in [7, 11) is 0. The molecule has 3 aromatic heterocycles. The molecule has 0 atom stereocenters. The van der Waals surface area contributed by atoms with Gasteiger partial charge in [0.15, 0.2) is 0 Å². The summed E-state index contributed by atoms with van der Waals surface area (Å²) in [4.78, 5) is 0. The van der Waals surface area contributed by atoms with Crippen molar-refractivity contribution in [2.75, 3.05) is 0 Å². The molecule has 0 amide bonds. The number of aryl methyl sites for hydroxylation is 2. The van der Waals surface area contributed by atoms with Gasteiger partial charge in [-0.2, -0.15) is 0 Å². The molecule has 6 aromatic carbocycles. The molecule has 0 aliphatic rings. The number of rotatable bonds is 2. The largest absolute Gasteiger partial charge is 0.456 e. The molecule has 3 heterocycles. The quantitative estimate of drug-likeness (QED) is 0.224. The van der Waals surface area contributed by atoms with E-state index in [0.717, 1.165) is 99.2 Å². The molecular formula is C38H24O3. The van der Waals surface area contributed by atoms with E-state index in [1.165, 1.54) is 0 Å². The van der Waals surface area contributed by atoms with E-state index in [1.54, 1.807) is 0 Å². The van der Waals surface area contributed by atoms with Gasteiger partial charge in [-0.25, -0.2) is 0 Å². The van der Waals surface area contributed by atoms with Gasteiger partial charge in [-0.3, -0.25) is 0 Å². The summed E-state index contributed by atoms with van der Waals surface area (Å²) < 4.78 is 19.5. The van der Waals surface area contributed by atoms with Crippen molar-refractivity contribution in [1.82, 2.24) is 0 Å². The minimum absolute atomic E-state index is 0.872. The minimum Gasteiger partial charge on any atom is -0.456 e. The number of hydrogen-bond acceptors (Lipinski definition) is 3. The molecule has 0 saturated carbocycles. The molecule has 0 N–H and O–H groups in total. The maximum Gasteiger partial charge on any atom is 0.143 e. The first-order valence-corrected chi connectivity index (χ1v) is 13.9. The summed E-state index contributed by atoms with van der Waals surface area (Å²) in [5, 5.41) is 6.69. The summed E-state index contributed by atoms with van der Waals surface area (Å²) >= 11 is 0. The van der Waals surface area contributed by atoms with E-state index in [9.17, 15) is 0 Å². The van der Waals surface area contributed by atoms with Gasteiger partial charge in [-0.05, 0) is 65.9 Å². The van der Waals surface area contributed by atoms with Crippen molar-refractivity contribution in [3.63, 3.8) is 0 Å². The zero-order valence-corrected chi connectivity index (χ0v) is 22.6. The first-order valence-electron chi connectivity index (χ1n) is 13.9. The van der Waals surface area contributed by atoms with Crippen LogP contribution < -0.4 is 0 Å². The van der Waals surface area contributed by atoms with Crippen LogP contribution in [0, 0.1) is 13.8 Å². The third-order valence-corrected chi connectivity index (χ3v) is 8.55. The second-order valence-corrected chi connectivity index (χ2v) is 10.9. The summed E-state index contributed by atoms with van der Waals surface area (Å²) in [6.45, 7) is 4.21. The third kappa shape index (κ3) is 3.03. The Morgan fingerprint density at radius 3 is 1.17 bits per heavy atom. The fourth-order valence-electron chi connectivity index (χ4n) is 6.63. The van der Waals surface area contributed by atoms with E-state index in [-0.39, 0.29) is 0 Å². The van der Waals surface area contributed by atoms with Gasteiger partial charge >= 0.3 is 0 Å². The topological polar surface area (TPSA) is 39.4 Å². The Morgan fingerprint density at radius 1 is 0.341 bits per heavy atom. The Bertz CT molecular complexity index is 2500. The van der Waals surface area contributed by atoms with Gasteiger partial charge in [-0.1, -0.05) is 84.9 Å². The SMILES string of the molecule is Cc1ccc(-c2ccc(-c3ccc(C)c4oc5ccccc5c34)c3c2oc2ccccc23)c2c1oc1ccccc12. The van der Waals surface area contributed by atoms with E-state index in [2.05, 4.69) is 92.7 Å². The molecule has 0 unspecified atom stereocenters. The van der Waals surface area contributed by atoms with Crippen LogP contribution in [0.3, 0.4) is 0 Å². The molecule has 0 spiro atoms. The Balaban J connectivity index is 1.43. The molecule has 0 radical (unpaired) electrons. The van der Waals surface area contributed by atoms with Gasteiger partial charge in [0, 0.05) is 37.9 Å². The first kappa shape index (κ1) is 22.5. The van der Waals surface area contributed by atoms with Crippen molar-refractivity contribution >= 4 is 65.8 Å². The van der Waals surface area contributed by atoms with Crippen molar-refractivity contribution in [1.29, 1.82) is 0 Å². The predicted octanol–water partition coefficient (Wildman–Crippen LogP) is 11.3. The highest BCUT2D eigenvalue weighted by atomic mass is 16.3. The number of fused-ring (bicyclic) bond motifs is 9. The molecule has 41 heavy (non-hydrogen) atoms. The lowest BCUT2D eigenvalue weighted by atomic mass is 9.90. The van der Waals surface area contributed by atoms with E-state index in [4.69, 9.17) is 13.3 Å². The molecular weight excluding hydrogens is 504 g/mol. The molecule has 3 heteroatoms. The fraction of sp³-hybridized carbons (Fsp3) is 0.0526. The maximum absolute atomic E-state index is 6.72. The van der Waals surface area contributed by atoms with Crippen LogP contribution in [0.4, 0.5) is 0 Å². The molecule has 0 aliphatic heterocycles. The Hall–Kier alpha value is -5.28. The zero-order chi connectivity index (χ0) is 27.2. The van der Waals surface area contributed by atoms with Crippen molar-refractivity contribution in [2.45, 2.75) is 13.8 Å². The van der Waals surface area contributed by atoms with Crippen molar-refractivity contribution in [2.24, 2.45) is 0 Å². The lowest BCUT2D eigenvalue weighted by molar-refractivity contribution is 0.665. The number of para-hydroxylation sites is 3. The van der Waals surface area contributed by atoms with E-state index in [0.29, 0.717) is 0 Å². The summed E-state index contributed by atoms with van der Waals surface area (Å²) in [5.41, 5.74) is 12.1. The number of hydrogen-bond donors (Lipinski definition) is 0. The van der Waals surface area contributed by atoms with Gasteiger partial charge in [0.2, 0.25) is 0 Å². The highest BCUT2D eigenvalue weighted by Gasteiger charge is 2.23. The standard InChI is InChI=1S/C38H24O3/c1-21-15-17-23(33-27-9-3-6-12-30(27)39-36(21)33)24-19-20-26(38-35(24)29-11-5-8-14-32(29)41-38)25-18-16-22(2)37-34(25)28-10-4-7-13-31(28)40-37/h3-20H,1-2H3. The minimum atomic E-state index is 0.872. The van der Waals surface area contributed by atoms with Gasteiger partial charge in [0.25, 0.3) is 0 Å². The second-order valence-electron chi connectivity index (χ2n) is 10.9. The normalized spacial score (nSPS) is 12.1. The fourth-order valence-corrected chi connectivity index (χ4v) is 6.63. The Kier molecular flexibility index (Phi) is 4.46. The number of furan rings is 3. The maximum atomic E-state index is 6.72. The van der Waals surface area contributed by atoms with Crippen molar-refractivity contribution in [3.8, 4) is 22.3 Å². The van der Waals surface area contributed by atoms with Crippen LogP contribution in [0.25, 0.3) is 88.1 Å². The Morgan fingerprint density at radius 2 is 0.683 bits per heavy atom. The predicted molar refractivity (Wildman–Crippen MR) is 169 cm³/mol. The molecule has 194 valence electrons. The summed E-state index contributed by atoms with van der Waals surface area (Å²) in [5.74, 6) is 0. The molecule has 9 aromatic rings. The molecule has 0 bridgehead atoms. The third-order valence-electron chi connectivity index (χ3n) is 8.55. The molecule has 0 aliphatic carbocycles. The summed E-state index contributed by atoms with van der Waals surface area (Å²) in [6, 6.07) is 38.1. The van der Waals surface area contributed by atoms with Gasteiger partial charge < -0.3 is 13.3 Å². The van der Waals surface area contributed by atoms with Crippen LogP contribution >= 0.6 is 0 Å². The van der Waals surface area contributed by atoms with Crippen LogP contribution in [-0.2, 0) is 0 Å². The molecule has 0 fully saturated rings. The van der Waals surface area contributed by atoms with Crippen molar-refractivity contribution < 1.29 is 13.3 Å². The zero-order valence-electron chi connectivity index (χ0n) is 22.6. The molecule has 9 rings (SSSR count). The van der Waals surface area contributed by atoms with Gasteiger partial charge in [0.05, 0.1) is 0 Å². The molecule has 0 saturated heterocycles. The van der Waals surface area contributed by atoms with E-state index < -0.39 is 0 Å². The van der Waals surface area contributed by atoms with Crippen molar-refractivity contribution in [3.05, 3.63) is 120 Å². The van der Waals surface area contributed by atoms with Gasteiger partial charge in [-0.15, -0.1) is 0 Å². The lowest BCUT2D eigenvalue weighted by Crippen LogP contribution is -1.87. The highest BCUT2D eigenvalue weighted by Crippen LogP contribution is 2.47. The highest BCUT2D eigenvalue weighted by molar-refractivity contribution is 6.23. The molecule has 3 nitrogen and oxygen atoms in total. The summed E-state index contributed by atoms with van der Waals surface area (Å²) in [6.07, 6.45) is 0. The average molecular weight is 529 g/mol. The first-order chi connectivity index (χ1) is 20.2. The Labute approximate surface area is 235 Å². The lowest BCUT2D eigenvalue weighted by Gasteiger charge is -2.11. The second kappa shape index (κ2) is 8.12. The smallest absolute Gasteiger partial charge is 0.143 e. The van der Waals surface area contributed by atoms with Crippen LogP contribution in [0.15, 0.2) is 122 Å². The van der Waals surface area contributed by atoms with Crippen LogP contribution in [0.1, 0.15) is 11.1 Å². The van der Waals surface area contributed by atoms with E-state index in [1.807, 2.05) is 30.3 Å². The van der Waals surface area contributed by atoms with Gasteiger partial charge in [0.1, 0.15) is 33.5 Å². The van der Waals surface area contributed by atoms with Crippen LogP contribution in [-0.4, -0.2) is 0 Å². The van der Waals surface area contributed by atoms with Crippen LogP contribution in [0.5, 0.6) is 0 Å².